The van der Waals surface area contributed by atoms with Gasteiger partial charge in [-0.05, 0) is 124 Å². The number of hydrogen-bond acceptors (Lipinski definition) is 5. The normalized spacial score (nSPS) is 12.5. The first-order chi connectivity index (χ1) is 26.4. The third-order valence-corrected chi connectivity index (χ3v) is 10.5. The van der Waals surface area contributed by atoms with Crippen LogP contribution >= 0.6 is 0 Å². The molecule has 0 saturated carbocycles. The smallest absolute Gasteiger partial charge is 0.433 e. The quantitative estimate of drug-likeness (QED) is 0.0354. The van der Waals surface area contributed by atoms with Crippen molar-refractivity contribution in [1.29, 1.82) is 0 Å². The molecule has 0 aromatic rings. The lowest BCUT2D eigenvalue weighted by atomic mass is 10.0. The van der Waals surface area contributed by atoms with Gasteiger partial charge in [-0.3, -0.25) is 4.90 Å². The van der Waals surface area contributed by atoms with Crippen molar-refractivity contribution in [2.75, 3.05) is 39.8 Å². The van der Waals surface area contributed by atoms with Gasteiger partial charge < -0.3 is 14.4 Å². The van der Waals surface area contributed by atoms with Crippen molar-refractivity contribution < 1.29 is 14.3 Å². The van der Waals surface area contributed by atoms with Gasteiger partial charge in [-0.2, -0.15) is 0 Å². The van der Waals surface area contributed by atoms with E-state index in [0.29, 0.717) is 12.6 Å². The number of nitrogens with zero attached hydrogens (tertiary/aromatic N) is 2. The van der Waals surface area contributed by atoms with Crippen LogP contribution in [0.2, 0.25) is 0 Å². The third-order valence-electron chi connectivity index (χ3n) is 10.5. The van der Waals surface area contributed by atoms with E-state index in [1.54, 1.807) is 0 Å². The molecule has 5 nitrogen and oxygen atoms in total. The Kier molecular flexibility index (Phi) is 40.8. The molecule has 0 radical (unpaired) electrons. The SMILES string of the molecule is CCCCC/C=C\C/C=C\CCCCCCCCC(CCCCCCCC/C=C\C/C=C\CCCCC)OC(=O)OCCN(CCC)CCN(C)C(C)C. The van der Waals surface area contributed by atoms with E-state index < -0.39 is 6.16 Å². The molecule has 0 atom stereocenters. The summed E-state index contributed by atoms with van der Waals surface area (Å²) in [5.41, 5.74) is 0. The largest absolute Gasteiger partial charge is 0.508 e. The van der Waals surface area contributed by atoms with Gasteiger partial charge in [-0.25, -0.2) is 4.79 Å². The molecule has 316 valence electrons. The Morgan fingerprint density at radius 1 is 0.500 bits per heavy atom. The van der Waals surface area contributed by atoms with Crippen molar-refractivity contribution in [2.45, 2.75) is 220 Å². The Bertz CT molecular complexity index is 847. The number of unbranched alkanes of at least 4 members (excludes halogenated alkanes) is 18. The molecule has 0 fully saturated rings. The Hall–Kier alpha value is -1.85. The van der Waals surface area contributed by atoms with E-state index in [4.69, 9.17) is 9.47 Å². The number of carbonyl (C=O) groups is 1. The van der Waals surface area contributed by atoms with Gasteiger partial charge in [-0.1, -0.05) is 146 Å². The van der Waals surface area contributed by atoms with Crippen molar-refractivity contribution in [3.8, 4) is 0 Å². The van der Waals surface area contributed by atoms with Crippen LogP contribution in [0.15, 0.2) is 48.6 Å². The second-order valence-electron chi connectivity index (χ2n) is 16.0. The van der Waals surface area contributed by atoms with Crippen LogP contribution in [0.3, 0.4) is 0 Å². The van der Waals surface area contributed by atoms with Gasteiger partial charge in [0.05, 0.1) is 0 Å². The topological polar surface area (TPSA) is 42.0 Å². The van der Waals surface area contributed by atoms with E-state index in [1.807, 2.05) is 0 Å². The zero-order chi connectivity index (χ0) is 39.6. The van der Waals surface area contributed by atoms with Gasteiger partial charge in [0.15, 0.2) is 0 Å². The minimum Gasteiger partial charge on any atom is -0.433 e. The van der Waals surface area contributed by atoms with Gasteiger partial charge in [0.25, 0.3) is 0 Å². The zero-order valence-electron chi connectivity index (χ0n) is 37.0. The number of hydrogen-bond donors (Lipinski definition) is 0. The summed E-state index contributed by atoms with van der Waals surface area (Å²) in [6, 6.07) is 0.534. The highest BCUT2D eigenvalue weighted by Gasteiger charge is 2.16. The lowest BCUT2D eigenvalue weighted by molar-refractivity contribution is 0.0116. The molecule has 0 aromatic carbocycles. The summed E-state index contributed by atoms with van der Waals surface area (Å²) in [4.78, 5) is 17.6. The molecule has 0 spiro atoms. The van der Waals surface area contributed by atoms with Crippen LogP contribution in [0, 0.1) is 0 Å². The number of ether oxygens (including phenoxy) is 2. The molecular weight excluding hydrogens is 665 g/mol. The molecule has 0 unspecified atom stereocenters. The second-order valence-corrected chi connectivity index (χ2v) is 16.0. The summed E-state index contributed by atoms with van der Waals surface area (Å²) in [6.45, 7) is 15.4. The average Bonchev–Trinajstić information content (AvgIpc) is 3.16. The number of allylic oxidation sites excluding steroid dienone is 8. The second kappa shape index (κ2) is 42.3. The van der Waals surface area contributed by atoms with Crippen molar-refractivity contribution in [1.82, 2.24) is 9.80 Å². The number of likely N-dealkylation sites (N-methyl/N-ethyl adjacent to an activating group) is 1. The van der Waals surface area contributed by atoms with Crippen LogP contribution in [-0.2, 0) is 9.47 Å². The summed E-state index contributed by atoms with van der Waals surface area (Å²) >= 11 is 0. The lowest BCUT2D eigenvalue weighted by Gasteiger charge is -2.27. The van der Waals surface area contributed by atoms with E-state index in [9.17, 15) is 4.79 Å². The van der Waals surface area contributed by atoms with E-state index >= 15 is 0 Å². The molecule has 0 saturated heterocycles. The van der Waals surface area contributed by atoms with Crippen molar-refractivity contribution in [3.63, 3.8) is 0 Å². The Balaban J connectivity index is 4.44. The molecular formula is C49H92N2O3. The van der Waals surface area contributed by atoms with Crippen LogP contribution < -0.4 is 0 Å². The van der Waals surface area contributed by atoms with E-state index in [1.165, 1.54) is 128 Å². The predicted molar refractivity (Wildman–Crippen MR) is 239 cm³/mol. The molecule has 0 aliphatic heterocycles. The maximum atomic E-state index is 12.8. The highest BCUT2D eigenvalue weighted by Crippen LogP contribution is 2.18. The predicted octanol–water partition coefficient (Wildman–Crippen LogP) is 15.0. The fourth-order valence-electron chi connectivity index (χ4n) is 6.62. The number of carbonyl (C=O) groups excluding carboxylic acids is 1. The minimum atomic E-state index is -0.476. The molecule has 5 heteroatoms. The zero-order valence-corrected chi connectivity index (χ0v) is 37.0. The summed E-state index contributed by atoms with van der Waals surface area (Å²) in [7, 11) is 2.17. The lowest BCUT2D eigenvalue weighted by Crippen LogP contribution is -2.38. The summed E-state index contributed by atoms with van der Waals surface area (Å²) in [6.07, 6.45) is 51.1. The van der Waals surface area contributed by atoms with Crippen LogP contribution in [0.5, 0.6) is 0 Å². The van der Waals surface area contributed by atoms with E-state index in [0.717, 1.165) is 71.1 Å². The van der Waals surface area contributed by atoms with Crippen LogP contribution in [0.1, 0.15) is 208 Å². The highest BCUT2D eigenvalue weighted by molar-refractivity contribution is 5.60. The molecule has 0 N–H and O–H groups in total. The molecule has 0 amide bonds. The summed E-state index contributed by atoms with van der Waals surface area (Å²) in [5.74, 6) is 0. The van der Waals surface area contributed by atoms with Gasteiger partial charge in [0, 0.05) is 25.7 Å². The molecule has 0 aromatic heterocycles. The Morgan fingerprint density at radius 3 is 1.35 bits per heavy atom. The maximum absolute atomic E-state index is 12.8. The average molecular weight is 757 g/mol. The molecule has 0 heterocycles. The van der Waals surface area contributed by atoms with Gasteiger partial charge in [-0.15, -0.1) is 0 Å². The number of rotatable bonds is 40. The highest BCUT2D eigenvalue weighted by atomic mass is 16.7. The maximum Gasteiger partial charge on any atom is 0.508 e. The standard InChI is InChI=1S/C49H92N2O3/c1-7-10-12-14-16-18-20-22-24-26-28-30-32-34-36-38-40-48(54-49(52)53-46-45-51(42-9-3)44-43-50(6)47(4)5)41-39-37-35-33-31-29-27-25-23-21-19-17-15-13-11-8-2/h16-19,22-25,47-48H,7-15,20-21,26-46H2,1-6H3/b18-16-,19-17-,24-22-,25-23-. The van der Waals surface area contributed by atoms with Gasteiger partial charge >= 0.3 is 6.16 Å². The fraction of sp³-hybridized carbons (Fsp3) is 0.816. The molecule has 0 rings (SSSR count). The van der Waals surface area contributed by atoms with Gasteiger partial charge in [0.2, 0.25) is 0 Å². The Labute approximate surface area is 337 Å². The fourth-order valence-corrected chi connectivity index (χ4v) is 6.62. The monoisotopic (exact) mass is 757 g/mol. The first kappa shape index (κ1) is 52.2. The summed E-state index contributed by atoms with van der Waals surface area (Å²) in [5, 5.41) is 0. The van der Waals surface area contributed by atoms with E-state index in [-0.39, 0.29) is 6.10 Å². The van der Waals surface area contributed by atoms with Crippen LogP contribution in [0.25, 0.3) is 0 Å². The van der Waals surface area contributed by atoms with E-state index in [2.05, 4.69) is 100 Å². The first-order valence-corrected chi connectivity index (χ1v) is 23.3. The van der Waals surface area contributed by atoms with Crippen molar-refractivity contribution >= 4 is 6.16 Å². The first-order valence-electron chi connectivity index (χ1n) is 23.3. The molecule has 54 heavy (non-hydrogen) atoms. The van der Waals surface area contributed by atoms with Crippen LogP contribution in [-0.4, -0.2) is 67.9 Å². The van der Waals surface area contributed by atoms with Crippen LogP contribution in [0.4, 0.5) is 4.79 Å². The third kappa shape index (κ3) is 38.4. The van der Waals surface area contributed by atoms with Crippen molar-refractivity contribution in [3.05, 3.63) is 48.6 Å². The van der Waals surface area contributed by atoms with Crippen molar-refractivity contribution in [2.24, 2.45) is 0 Å². The van der Waals surface area contributed by atoms with Gasteiger partial charge in [0.1, 0.15) is 12.7 Å². The molecule has 0 bridgehead atoms. The molecule has 0 aliphatic rings. The molecule has 0 aliphatic carbocycles. The Morgan fingerprint density at radius 2 is 0.926 bits per heavy atom. The minimum absolute atomic E-state index is 0.0272. The summed E-state index contributed by atoms with van der Waals surface area (Å²) < 4.78 is 11.6.